The normalized spacial score (nSPS) is 16.5. The Hall–Kier alpha value is -3.00. The molecule has 1 saturated heterocycles. The lowest BCUT2D eigenvalue weighted by Gasteiger charge is -2.37. The Balaban J connectivity index is 1.29. The smallest absolute Gasteiger partial charge is 0.261 e. The van der Waals surface area contributed by atoms with Crippen LogP contribution in [0.3, 0.4) is 0 Å². The summed E-state index contributed by atoms with van der Waals surface area (Å²) < 4.78 is 15.9. The maximum atomic E-state index is 14.1. The van der Waals surface area contributed by atoms with E-state index in [1.807, 2.05) is 39.8 Å². The van der Waals surface area contributed by atoms with Crippen LogP contribution in [0, 0.1) is 5.82 Å². The minimum Gasteiger partial charge on any atom is -0.366 e. The number of hydrogen-bond acceptors (Lipinski definition) is 4. The molecule has 1 aromatic heterocycles. The van der Waals surface area contributed by atoms with Crippen LogP contribution in [0.5, 0.6) is 0 Å². The maximum absolute atomic E-state index is 14.1. The topological polar surface area (TPSA) is 53.4 Å². The first-order valence-electron chi connectivity index (χ1n) is 11.2. The Morgan fingerprint density at radius 1 is 1.00 bits per heavy atom. The maximum Gasteiger partial charge on any atom is 0.261 e. The molecule has 5 rings (SSSR count). The van der Waals surface area contributed by atoms with Crippen molar-refractivity contribution < 1.29 is 4.39 Å². The van der Waals surface area contributed by atoms with E-state index in [0.717, 1.165) is 49.3 Å². The van der Waals surface area contributed by atoms with E-state index in [-0.39, 0.29) is 11.4 Å². The number of anilines is 2. The van der Waals surface area contributed by atoms with Gasteiger partial charge in [0.15, 0.2) is 5.11 Å². The van der Waals surface area contributed by atoms with E-state index in [1.165, 1.54) is 6.07 Å². The number of hydrogen-bond donors (Lipinski definition) is 1. The highest BCUT2D eigenvalue weighted by atomic mass is 32.1. The first-order chi connectivity index (χ1) is 15.6. The minimum atomic E-state index is -0.199. The molecule has 3 heterocycles. The fourth-order valence-corrected chi connectivity index (χ4v) is 4.86. The van der Waals surface area contributed by atoms with E-state index >= 15 is 0 Å². The van der Waals surface area contributed by atoms with Gasteiger partial charge in [0, 0.05) is 44.8 Å². The van der Waals surface area contributed by atoms with Gasteiger partial charge in [0.25, 0.3) is 5.56 Å². The number of halogens is 1. The van der Waals surface area contributed by atoms with Gasteiger partial charge in [0.1, 0.15) is 11.6 Å². The van der Waals surface area contributed by atoms with E-state index in [2.05, 4.69) is 10.2 Å². The summed E-state index contributed by atoms with van der Waals surface area (Å²) in [4.78, 5) is 22.0. The van der Waals surface area contributed by atoms with Crippen LogP contribution in [0.25, 0.3) is 10.9 Å². The third-order valence-corrected chi connectivity index (χ3v) is 6.69. The summed E-state index contributed by atoms with van der Waals surface area (Å²) in [6.07, 6.45) is 4.08. The lowest BCUT2D eigenvalue weighted by molar-refractivity contribution is 0.388. The molecular formula is C24H26FN5OS. The Labute approximate surface area is 191 Å². The van der Waals surface area contributed by atoms with Crippen LogP contribution in [-0.4, -0.2) is 45.7 Å². The summed E-state index contributed by atoms with van der Waals surface area (Å²) in [7, 11) is 0. The van der Waals surface area contributed by atoms with Crippen LogP contribution in [-0.2, 0) is 13.0 Å². The first-order valence-corrected chi connectivity index (χ1v) is 11.6. The Bertz CT molecular complexity index is 1220. The highest BCUT2D eigenvalue weighted by Crippen LogP contribution is 2.22. The molecule has 1 fully saturated rings. The van der Waals surface area contributed by atoms with Crippen LogP contribution in [0.15, 0.2) is 47.3 Å². The summed E-state index contributed by atoms with van der Waals surface area (Å²) in [5.41, 5.74) is 2.18. The highest BCUT2D eigenvalue weighted by molar-refractivity contribution is 7.80. The van der Waals surface area contributed by atoms with E-state index in [0.29, 0.717) is 42.4 Å². The van der Waals surface area contributed by atoms with Crippen molar-refractivity contribution in [3.8, 4) is 0 Å². The van der Waals surface area contributed by atoms with Gasteiger partial charge < -0.3 is 15.1 Å². The predicted octanol–water partition coefficient (Wildman–Crippen LogP) is 3.78. The molecule has 2 aliphatic rings. The summed E-state index contributed by atoms with van der Waals surface area (Å²) in [5, 5.41) is 4.51. The molecule has 3 aromatic rings. The number of nitrogens with zero attached hydrogens (tertiary/aromatic N) is 4. The SMILES string of the molecule is O=c1c2cc(NC(=S)N3CCN(c4ccccc4F)CC3)ccc2nc2n1CCCCC2. The average Bonchev–Trinajstić information content (AvgIpc) is 3.06. The molecule has 2 aliphatic heterocycles. The molecule has 0 aliphatic carbocycles. The van der Waals surface area contributed by atoms with Crippen molar-refractivity contribution in [2.75, 3.05) is 36.4 Å². The van der Waals surface area contributed by atoms with Crippen molar-refractivity contribution >= 4 is 39.6 Å². The lowest BCUT2D eigenvalue weighted by Crippen LogP contribution is -2.50. The molecule has 0 atom stereocenters. The molecule has 0 bridgehead atoms. The van der Waals surface area contributed by atoms with Crippen molar-refractivity contribution in [3.63, 3.8) is 0 Å². The fraction of sp³-hybridized carbons (Fsp3) is 0.375. The minimum absolute atomic E-state index is 0.0278. The van der Waals surface area contributed by atoms with Gasteiger partial charge in [0.05, 0.1) is 16.6 Å². The van der Waals surface area contributed by atoms with Crippen molar-refractivity contribution in [3.05, 3.63) is 64.5 Å². The Morgan fingerprint density at radius 3 is 2.62 bits per heavy atom. The zero-order chi connectivity index (χ0) is 22.1. The number of benzene rings is 2. The van der Waals surface area contributed by atoms with Gasteiger partial charge in [-0.25, -0.2) is 9.37 Å². The zero-order valence-corrected chi connectivity index (χ0v) is 18.7. The van der Waals surface area contributed by atoms with E-state index in [1.54, 1.807) is 6.07 Å². The molecule has 0 spiro atoms. The largest absolute Gasteiger partial charge is 0.366 e. The Morgan fingerprint density at radius 2 is 1.81 bits per heavy atom. The van der Waals surface area contributed by atoms with Gasteiger partial charge in [-0.2, -0.15) is 0 Å². The molecule has 0 amide bonds. The van der Waals surface area contributed by atoms with Gasteiger partial charge in [-0.3, -0.25) is 9.36 Å². The number of fused-ring (bicyclic) bond motifs is 2. The number of rotatable bonds is 2. The standard InChI is InChI=1S/C24H26FN5OS/c25-19-6-3-4-7-21(19)28-12-14-29(15-13-28)24(32)26-17-9-10-20-18(16-17)23(31)30-11-5-1-2-8-22(30)27-20/h3-4,6-7,9-10,16H,1-2,5,8,11-15H2,(H,26,32). The van der Waals surface area contributed by atoms with Gasteiger partial charge in [0.2, 0.25) is 0 Å². The van der Waals surface area contributed by atoms with E-state index < -0.39 is 0 Å². The summed E-state index contributed by atoms with van der Waals surface area (Å²) in [6, 6.07) is 12.5. The van der Waals surface area contributed by atoms with Crippen LogP contribution in [0.2, 0.25) is 0 Å². The third-order valence-electron chi connectivity index (χ3n) is 6.33. The summed E-state index contributed by atoms with van der Waals surface area (Å²) in [5.74, 6) is 0.694. The molecule has 6 nitrogen and oxygen atoms in total. The quantitative estimate of drug-likeness (QED) is 0.599. The van der Waals surface area contributed by atoms with Crippen molar-refractivity contribution in [2.45, 2.75) is 32.2 Å². The molecule has 0 saturated carbocycles. The van der Waals surface area contributed by atoms with Gasteiger partial charge >= 0.3 is 0 Å². The molecule has 1 N–H and O–H groups in total. The van der Waals surface area contributed by atoms with E-state index in [9.17, 15) is 9.18 Å². The fourth-order valence-electron chi connectivity index (χ4n) is 4.56. The highest BCUT2D eigenvalue weighted by Gasteiger charge is 2.21. The number of nitrogens with one attached hydrogen (secondary N) is 1. The second kappa shape index (κ2) is 8.86. The van der Waals surface area contributed by atoms with Gasteiger partial charge in [-0.05, 0) is 55.4 Å². The molecule has 8 heteroatoms. The van der Waals surface area contributed by atoms with Crippen LogP contribution >= 0.6 is 12.2 Å². The average molecular weight is 452 g/mol. The molecule has 0 radical (unpaired) electrons. The van der Waals surface area contributed by atoms with E-state index in [4.69, 9.17) is 17.2 Å². The van der Waals surface area contributed by atoms with Crippen molar-refractivity contribution in [2.24, 2.45) is 0 Å². The zero-order valence-electron chi connectivity index (χ0n) is 17.9. The second-order valence-corrected chi connectivity index (χ2v) is 8.77. The predicted molar refractivity (Wildman–Crippen MR) is 130 cm³/mol. The second-order valence-electron chi connectivity index (χ2n) is 8.38. The number of piperazine rings is 1. The molecule has 166 valence electrons. The third kappa shape index (κ3) is 4.07. The number of para-hydroxylation sites is 1. The first kappa shape index (κ1) is 20.9. The van der Waals surface area contributed by atoms with Gasteiger partial charge in [-0.1, -0.05) is 18.6 Å². The van der Waals surface area contributed by atoms with Crippen LogP contribution in [0.4, 0.5) is 15.8 Å². The number of aromatic nitrogens is 2. The number of thiocarbonyl (C=S) groups is 1. The monoisotopic (exact) mass is 451 g/mol. The summed E-state index contributed by atoms with van der Waals surface area (Å²) >= 11 is 5.63. The molecule has 2 aromatic carbocycles. The number of aryl methyl sites for hydroxylation is 1. The van der Waals surface area contributed by atoms with Crippen LogP contribution < -0.4 is 15.8 Å². The van der Waals surface area contributed by atoms with Crippen molar-refractivity contribution in [1.29, 1.82) is 0 Å². The lowest BCUT2D eigenvalue weighted by atomic mass is 10.2. The molecule has 0 unspecified atom stereocenters. The van der Waals surface area contributed by atoms with Crippen LogP contribution in [0.1, 0.15) is 25.1 Å². The summed E-state index contributed by atoms with van der Waals surface area (Å²) in [6.45, 7) is 3.52. The Kier molecular flexibility index (Phi) is 5.78. The van der Waals surface area contributed by atoms with Gasteiger partial charge in [-0.15, -0.1) is 0 Å². The molecular weight excluding hydrogens is 425 g/mol. The molecule has 32 heavy (non-hydrogen) atoms. The van der Waals surface area contributed by atoms with Crippen molar-refractivity contribution in [1.82, 2.24) is 14.5 Å².